The Hall–Kier alpha value is -2.95. The van der Waals surface area contributed by atoms with E-state index >= 15 is 0 Å². The van der Waals surface area contributed by atoms with Crippen molar-refractivity contribution in [1.29, 1.82) is 0 Å². The molecule has 0 radical (unpaired) electrons. The van der Waals surface area contributed by atoms with Gasteiger partial charge in [0.15, 0.2) is 6.23 Å². The zero-order valence-electron chi connectivity index (χ0n) is 24.3. The maximum atomic E-state index is 12.6. The van der Waals surface area contributed by atoms with Gasteiger partial charge in [-0.05, 0) is 63.1 Å². The molecule has 1 heterocycles. The van der Waals surface area contributed by atoms with Gasteiger partial charge in [0.1, 0.15) is 29.6 Å². The monoisotopic (exact) mass is 563 g/mol. The lowest BCUT2D eigenvalue weighted by Crippen LogP contribution is -2.55. The summed E-state index contributed by atoms with van der Waals surface area (Å²) in [7, 11) is 1.44. The highest BCUT2D eigenvalue weighted by Gasteiger charge is 2.41. The summed E-state index contributed by atoms with van der Waals surface area (Å²) in [4.78, 5) is 36.0. The molecule has 1 aromatic rings. The summed E-state index contributed by atoms with van der Waals surface area (Å²) in [6.45, 7) is 10.8. The zero-order valence-corrected chi connectivity index (χ0v) is 24.3. The van der Waals surface area contributed by atoms with Crippen LogP contribution in [0.3, 0.4) is 0 Å². The van der Waals surface area contributed by atoms with Crippen LogP contribution in [0.5, 0.6) is 5.75 Å². The molecule has 1 aromatic carbocycles. The number of carboxylic acids is 1. The highest BCUT2D eigenvalue weighted by Crippen LogP contribution is 2.33. The number of carboxylic acid groups (broad SMARTS) is 1. The quantitative estimate of drug-likeness (QED) is 0.107. The highest BCUT2D eigenvalue weighted by molar-refractivity contribution is 5.93. The lowest BCUT2D eigenvalue weighted by molar-refractivity contribution is -0.195. The third-order valence-electron chi connectivity index (χ3n) is 7.48. The molecule has 0 aliphatic carbocycles. The van der Waals surface area contributed by atoms with Crippen molar-refractivity contribution in [1.82, 2.24) is 5.32 Å². The number of unbranched alkanes of at least 4 members (excludes halogenated alkanes) is 2. The van der Waals surface area contributed by atoms with Crippen molar-refractivity contribution in [3.8, 4) is 5.75 Å². The van der Waals surface area contributed by atoms with Gasteiger partial charge in [-0.25, -0.2) is 4.79 Å². The molecule has 1 aliphatic heterocycles. The van der Waals surface area contributed by atoms with Gasteiger partial charge in [-0.15, -0.1) is 6.58 Å². The minimum atomic E-state index is -1.21. The second-order valence-electron chi connectivity index (χ2n) is 10.8. The number of hydrogen-bond donors (Lipinski definition) is 4. The zero-order chi connectivity index (χ0) is 30.0. The van der Waals surface area contributed by atoms with E-state index in [-0.39, 0.29) is 29.8 Å². The van der Waals surface area contributed by atoms with Gasteiger partial charge in [0, 0.05) is 26.4 Å². The first kappa shape index (κ1) is 33.3. The van der Waals surface area contributed by atoms with Crippen molar-refractivity contribution in [3.63, 3.8) is 0 Å². The molecule has 2 rings (SSSR count). The maximum Gasteiger partial charge on any atom is 0.339 e. The van der Waals surface area contributed by atoms with Crippen molar-refractivity contribution >= 4 is 17.8 Å². The molecule has 0 bridgehead atoms. The number of aromatic hydroxyl groups is 1. The number of ether oxygens (including phenoxy) is 3. The molecule has 0 saturated carbocycles. The number of amides is 1. The van der Waals surface area contributed by atoms with Crippen LogP contribution in [0.15, 0.2) is 24.3 Å². The Morgan fingerprint density at radius 2 is 1.90 bits per heavy atom. The predicted octanol–water partition coefficient (Wildman–Crippen LogP) is 4.03. The molecule has 10 nitrogen and oxygen atoms in total. The number of carbonyl (C=O) groups is 3. The number of carbonyl (C=O) groups excluding carboxylic acids is 2. The number of rotatable bonds is 15. The standard InChI is InChI=1S/C30H45NO9/c1-17(2)12-14-23(34)28(35)31-29(38-6)26-16-25(39-20(5)32)19(4)24(40-26)11-9-7-8-10-21-18(3)13-15-22(33)27(21)30(36)37/h13,15,19,23-26,29,33-34H,1,7-12,14,16H2,2-6H3,(H,31,35)(H,36,37). The summed E-state index contributed by atoms with van der Waals surface area (Å²) >= 11 is 0. The van der Waals surface area contributed by atoms with Crippen LogP contribution in [0.2, 0.25) is 0 Å². The van der Waals surface area contributed by atoms with Crippen molar-refractivity contribution in [2.75, 3.05) is 7.11 Å². The molecule has 1 aliphatic rings. The lowest BCUT2D eigenvalue weighted by Gasteiger charge is -2.42. The third kappa shape index (κ3) is 9.60. The van der Waals surface area contributed by atoms with E-state index in [0.29, 0.717) is 31.2 Å². The number of aryl methyl sites for hydroxylation is 1. The summed E-state index contributed by atoms with van der Waals surface area (Å²) in [6, 6.07) is 3.12. The van der Waals surface area contributed by atoms with Crippen molar-refractivity contribution in [2.24, 2.45) is 5.92 Å². The van der Waals surface area contributed by atoms with Crippen LogP contribution in [0, 0.1) is 12.8 Å². The van der Waals surface area contributed by atoms with Crippen molar-refractivity contribution < 1.29 is 43.9 Å². The molecule has 1 amide bonds. The molecule has 40 heavy (non-hydrogen) atoms. The number of aliphatic hydroxyl groups excluding tert-OH is 1. The van der Waals surface area contributed by atoms with Gasteiger partial charge in [-0.2, -0.15) is 0 Å². The second-order valence-corrected chi connectivity index (χ2v) is 10.8. The van der Waals surface area contributed by atoms with E-state index in [1.165, 1.54) is 20.1 Å². The fourth-order valence-corrected chi connectivity index (χ4v) is 5.16. The average Bonchev–Trinajstić information content (AvgIpc) is 2.88. The van der Waals surface area contributed by atoms with Crippen LogP contribution >= 0.6 is 0 Å². The van der Waals surface area contributed by atoms with E-state index in [4.69, 9.17) is 14.2 Å². The molecule has 6 unspecified atom stereocenters. The van der Waals surface area contributed by atoms with E-state index in [1.54, 1.807) is 6.07 Å². The Labute approximate surface area is 236 Å². The number of aliphatic hydroxyl groups is 1. The molecule has 4 N–H and O–H groups in total. The van der Waals surface area contributed by atoms with E-state index in [9.17, 15) is 29.7 Å². The van der Waals surface area contributed by atoms with Gasteiger partial charge in [0.2, 0.25) is 0 Å². The van der Waals surface area contributed by atoms with Gasteiger partial charge in [0.05, 0.1) is 6.10 Å². The van der Waals surface area contributed by atoms with Crippen LogP contribution in [-0.4, -0.2) is 70.9 Å². The normalized spacial score (nSPS) is 22.2. The van der Waals surface area contributed by atoms with Crippen LogP contribution in [0.25, 0.3) is 0 Å². The molecule has 1 saturated heterocycles. The summed E-state index contributed by atoms with van der Waals surface area (Å²) in [5.41, 5.74) is 2.28. The summed E-state index contributed by atoms with van der Waals surface area (Å²) in [6.07, 6.45) is 1.20. The first-order valence-corrected chi connectivity index (χ1v) is 13.9. The summed E-state index contributed by atoms with van der Waals surface area (Å²) < 4.78 is 17.5. The summed E-state index contributed by atoms with van der Waals surface area (Å²) in [5, 5.41) is 32.5. The van der Waals surface area contributed by atoms with Gasteiger partial charge in [-0.3, -0.25) is 9.59 Å². The van der Waals surface area contributed by atoms with Crippen LogP contribution in [-0.2, 0) is 30.2 Å². The molecule has 6 atom stereocenters. The number of hydrogen-bond acceptors (Lipinski definition) is 8. The molecule has 0 aromatic heterocycles. The topological polar surface area (TPSA) is 152 Å². The SMILES string of the molecule is C=C(C)CCC(O)C(=O)NC(OC)C1CC(OC(C)=O)C(C)C(CCCCCc2c(C)ccc(O)c2C(=O)O)O1. The predicted molar refractivity (Wildman–Crippen MR) is 149 cm³/mol. The number of phenols is 1. The molecule has 10 heteroatoms. The maximum absolute atomic E-state index is 12.6. The number of esters is 1. The van der Waals surface area contributed by atoms with Gasteiger partial charge < -0.3 is 34.8 Å². The van der Waals surface area contributed by atoms with Crippen LogP contribution in [0.4, 0.5) is 0 Å². The Morgan fingerprint density at radius 1 is 1.20 bits per heavy atom. The van der Waals surface area contributed by atoms with Crippen molar-refractivity contribution in [2.45, 2.75) is 110 Å². The van der Waals surface area contributed by atoms with E-state index in [1.807, 2.05) is 20.8 Å². The van der Waals surface area contributed by atoms with Gasteiger partial charge >= 0.3 is 11.9 Å². The smallest absolute Gasteiger partial charge is 0.339 e. The van der Waals surface area contributed by atoms with E-state index < -0.39 is 42.4 Å². The molecule has 1 fully saturated rings. The number of nitrogens with one attached hydrogen (secondary N) is 1. The van der Waals surface area contributed by atoms with E-state index in [2.05, 4.69) is 11.9 Å². The Balaban J connectivity index is 2.02. The van der Waals surface area contributed by atoms with Gasteiger partial charge in [-0.1, -0.05) is 31.4 Å². The van der Waals surface area contributed by atoms with Gasteiger partial charge in [0.25, 0.3) is 5.91 Å². The second kappa shape index (κ2) is 15.7. The fraction of sp³-hybridized carbons (Fsp3) is 0.633. The third-order valence-corrected chi connectivity index (χ3v) is 7.48. The van der Waals surface area contributed by atoms with E-state index in [0.717, 1.165) is 30.4 Å². The fourth-order valence-electron chi connectivity index (χ4n) is 5.16. The first-order valence-electron chi connectivity index (χ1n) is 13.9. The Bertz CT molecular complexity index is 1040. The molecular formula is C30H45NO9. The number of aromatic carboxylic acids is 1. The largest absolute Gasteiger partial charge is 0.507 e. The lowest BCUT2D eigenvalue weighted by atomic mass is 9.86. The molecule has 0 spiro atoms. The average molecular weight is 564 g/mol. The Kier molecular flexibility index (Phi) is 13.1. The first-order chi connectivity index (χ1) is 18.8. The number of allylic oxidation sites excluding steroid dienone is 1. The number of methoxy groups -OCH3 is 1. The van der Waals surface area contributed by atoms with Crippen molar-refractivity contribution in [3.05, 3.63) is 41.0 Å². The minimum absolute atomic E-state index is 0.0475. The Morgan fingerprint density at radius 3 is 2.50 bits per heavy atom. The van der Waals surface area contributed by atoms with Crippen LogP contribution in [0.1, 0.15) is 87.2 Å². The molecular weight excluding hydrogens is 518 g/mol. The van der Waals surface area contributed by atoms with Crippen LogP contribution < -0.4 is 5.32 Å². The highest BCUT2D eigenvalue weighted by atomic mass is 16.6. The molecule has 224 valence electrons. The summed E-state index contributed by atoms with van der Waals surface area (Å²) in [5.74, 6) is -2.45. The number of benzene rings is 1. The minimum Gasteiger partial charge on any atom is -0.507 e.